The van der Waals surface area contributed by atoms with Gasteiger partial charge in [-0.3, -0.25) is 4.98 Å². The first-order valence-corrected chi connectivity index (χ1v) is 10.5. The molecule has 0 spiro atoms. The van der Waals surface area contributed by atoms with E-state index in [9.17, 15) is 0 Å². The number of aromatic nitrogens is 2. The minimum Gasteiger partial charge on any atom is -0.355 e. The van der Waals surface area contributed by atoms with Gasteiger partial charge in [-0.2, -0.15) is 4.37 Å². The molecule has 6 heteroatoms. The van der Waals surface area contributed by atoms with Crippen molar-refractivity contribution in [2.45, 2.75) is 18.5 Å². The number of nitrogens with one attached hydrogen (secondary N) is 1. The average Bonchev–Trinajstić information content (AvgIpc) is 3.32. The Morgan fingerprint density at radius 3 is 2.93 bits per heavy atom. The molecule has 2 saturated heterocycles. The number of fused-ring (bicyclic) bond motifs is 3. The van der Waals surface area contributed by atoms with Crippen LogP contribution in [0.25, 0.3) is 32.9 Å². The fraction of sp³-hybridized carbons (Fsp3) is 0.217. The summed E-state index contributed by atoms with van der Waals surface area (Å²) in [5.74, 6) is 2.33. The number of rotatable bonds is 2. The highest BCUT2D eigenvalue weighted by Crippen LogP contribution is 2.41. The Bertz CT molecular complexity index is 1320. The minimum absolute atomic E-state index is 0.298. The van der Waals surface area contributed by atoms with Crippen molar-refractivity contribution in [1.29, 1.82) is 0 Å². The second-order valence-electron chi connectivity index (χ2n) is 7.59. The van der Waals surface area contributed by atoms with Gasteiger partial charge in [0.05, 0.1) is 5.39 Å². The highest BCUT2D eigenvalue weighted by atomic mass is 32.1. The summed E-state index contributed by atoms with van der Waals surface area (Å²) >= 11 is 1.36. The van der Waals surface area contributed by atoms with Gasteiger partial charge in [-0.25, -0.2) is 4.39 Å². The van der Waals surface area contributed by atoms with Gasteiger partial charge in [0, 0.05) is 41.3 Å². The van der Waals surface area contributed by atoms with Crippen LogP contribution in [0.3, 0.4) is 0 Å². The predicted molar refractivity (Wildman–Crippen MR) is 116 cm³/mol. The third-order valence-electron chi connectivity index (χ3n) is 6.13. The van der Waals surface area contributed by atoms with Crippen LogP contribution in [0.5, 0.6) is 0 Å². The number of pyridine rings is 1. The van der Waals surface area contributed by atoms with E-state index in [0.717, 1.165) is 46.2 Å². The number of terminal acetylenes is 1. The third-order valence-corrected chi connectivity index (χ3v) is 7.03. The zero-order valence-electron chi connectivity index (χ0n) is 15.5. The van der Waals surface area contributed by atoms with E-state index >= 15 is 4.39 Å². The second-order valence-corrected chi connectivity index (χ2v) is 8.35. The molecule has 4 nitrogen and oxygen atoms in total. The van der Waals surface area contributed by atoms with Crippen LogP contribution in [-0.2, 0) is 0 Å². The summed E-state index contributed by atoms with van der Waals surface area (Å²) in [6, 6.07) is 12.6. The smallest absolute Gasteiger partial charge is 0.176 e. The highest BCUT2D eigenvalue weighted by molar-refractivity contribution is 7.11. The number of anilines is 1. The van der Waals surface area contributed by atoms with Crippen molar-refractivity contribution < 1.29 is 4.39 Å². The van der Waals surface area contributed by atoms with Crippen molar-refractivity contribution in [3.8, 4) is 23.6 Å². The summed E-state index contributed by atoms with van der Waals surface area (Å²) in [4.78, 5) is 6.88. The Labute approximate surface area is 171 Å². The number of halogens is 1. The molecule has 29 heavy (non-hydrogen) atoms. The summed E-state index contributed by atoms with van der Waals surface area (Å²) in [6.07, 6.45) is 8.58. The van der Waals surface area contributed by atoms with E-state index in [0.29, 0.717) is 28.9 Å². The summed E-state index contributed by atoms with van der Waals surface area (Å²) in [6.45, 7) is 1.98. The quantitative estimate of drug-likeness (QED) is 0.513. The molecule has 142 valence electrons. The number of nitrogens with zero attached hydrogens (tertiary/aromatic N) is 3. The summed E-state index contributed by atoms with van der Waals surface area (Å²) < 4.78 is 20.1. The molecule has 0 bridgehead atoms. The standard InChI is InChI=1S/C23H17FN4S/c1-2-13-5-3-6-14-7-4-8-15(19(13)14)21-20(24)22-16(11-26-21)23(29-27-22)28-12-17-18(28)9-10-25-17/h1,3-8,11,17-18,25H,9-10,12H2/t17-,18-/m1/s1. The van der Waals surface area contributed by atoms with Gasteiger partial charge in [-0.1, -0.05) is 36.3 Å². The maximum atomic E-state index is 15.6. The van der Waals surface area contributed by atoms with E-state index in [-0.39, 0.29) is 5.82 Å². The van der Waals surface area contributed by atoms with Gasteiger partial charge in [0.15, 0.2) is 5.82 Å². The lowest BCUT2D eigenvalue weighted by Crippen LogP contribution is -2.61. The molecule has 0 amide bonds. The second kappa shape index (κ2) is 6.24. The molecule has 0 radical (unpaired) electrons. The van der Waals surface area contributed by atoms with E-state index < -0.39 is 0 Å². The molecule has 4 heterocycles. The van der Waals surface area contributed by atoms with Crippen LogP contribution in [0.15, 0.2) is 42.6 Å². The molecule has 0 saturated carbocycles. The molecule has 6 rings (SSSR count). The molecule has 0 aliphatic carbocycles. The van der Waals surface area contributed by atoms with Gasteiger partial charge >= 0.3 is 0 Å². The molecule has 2 fully saturated rings. The van der Waals surface area contributed by atoms with Gasteiger partial charge in [0.25, 0.3) is 0 Å². The Morgan fingerprint density at radius 1 is 1.24 bits per heavy atom. The highest BCUT2D eigenvalue weighted by Gasteiger charge is 2.43. The van der Waals surface area contributed by atoms with Gasteiger partial charge in [0.1, 0.15) is 16.2 Å². The van der Waals surface area contributed by atoms with Crippen molar-refractivity contribution in [2.75, 3.05) is 18.0 Å². The Hall–Kier alpha value is -3.01. The molecular weight excluding hydrogens is 383 g/mol. The first-order valence-electron chi connectivity index (χ1n) is 9.69. The average molecular weight is 400 g/mol. The molecule has 2 aromatic heterocycles. The van der Waals surface area contributed by atoms with Crippen molar-refractivity contribution >= 4 is 38.2 Å². The lowest BCUT2D eigenvalue weighted by molar-refractivity contribution is 0.399. The molecule has 1 N–H and O–H groups in total. The van der Waals surface area contributed by atoms with Crippen LogP contribution in [0.2, 0.25) is 0 Å². The van der Waals surface area contributed by atoms with Crippen molar-refractivity contribution in [3.63, 3.8) is 0 Å². The van der Waals surface area contributed by atoms with Crippen LogP contribution in [-0.4, -0.2) is 34.5 Å². The molecule has 2 aliphatic heterocycles. The fourth-order valence-corrected chi connectivity index (χ4v) is 5.59. The fourth-order valence-electron chi connectivity index (χ4n) is 4.67. The third kappa shape index (κ3) is 2.35. The van der Waals surface area contributed by atoms with Crippen LogP contribution < -0.4 is 10.2 Å². The Kier molecular flexibility index (Phi) is 3.64. The first kappa shape index (κ1) is 16.9. The normalized spacial score (nSPS) is 20.6. The lowest BCUT2D eigenvalue weighted by Gasteiger charge is -2.44. The molecule has 2 aliphatic rings. The SMILES string of the molecule is C#Cc1cccc2cccc(-c3ncc4c(N5C[C@H]6NCC[C@H]65)snc4c3F)c12. The zero-order valence-corrected chi connectivity index (χ0v) is 16.3. The zero-order chi connectivity index (χ0) is 19.5. The van der Waals surface area contributed by atoms with Crippen molar-refractivity contribution in [1.82, 2.24) is 14.7 Å². The van der Waals surface area contributed by atoms with Gasteiger partial charge in [-0.05, 0) is 36.0 Å². The van der Waals surface area contributed by atoms with E-state index in [1.165, 1.54) is 11.5 Å². The van der Waals surface area contributed by atoms with E-state index in [1.54, 1.807) is 6.20 Å². The summed E-state index contributed by atoms with van der Waals surface area (Å²) in [5.41, 5.74) is 2.12. The summed E-state index contributed by atoms with van der Waals surface area (Å²) in [5, 5.41) is 7.13. The molecule has 2 atom stereocenters. The Balaban J connectivity index is 1.52. The molecule has 0 unspecified atom stereocenters. The topological polar surface area (TPSA) is 41.1 Å². The van der Waals surface area contributed by atoms with E-state index in [1.807, 2.05) is 36.4 Å². The van der Waals surface area contributed by atoms with Crippen LogP contribution >= 0.6 is 11.5 Å². The Morgan fingerprint density at radius 2 is 2.10 bits per heavy atom. The summed E-state index contributed by atoms with van der Waals surface area (Å²) in [7, 11) is 0. The van der Waals surface area contributed by atoms with Crippen molar-refractivity contribution in [2.24, 2.45) is 0 Å². The van der Waals surface area contributed by atoms with Gasteiger partial charge in [-0.15, -0.1) is 6.42 Å². The van der Waals surface area contributed by atoms with Gasteiger partial charge in [0.2, 0.25) is 0 Å². The first-order chi connectivity index (χ1) is 14.3. The number of benzene rings is 2. The molecular formula is C23H17FN4S. The maximum Gasteiger partial charge on any atom is 0.176 e. The largest absolute Gasteiger partial charge is 0.355 e. The predicted octanol–water partition coefficient (Wildman–Crippen LogP) is 4.18. The molecule has 4 aromatic rings. The lowest BCUT2D eigenvalue weighted by atomic mass is 9.96. The molecule has 2 aromatic carbocycles. The number of hydrogen-bond donors (Lipinski definition) is 1. The van der Waals surface area contributed by atoms with Crippen molar-refractivity contribution in [3.05, 3.63) is 54.0 Å². The monoisotopic (exact) mass is 400 g/mol. The van der Waals surface area contributed by atoms with E-state index in [4.69, 9.17) is 6.42 Å². The van der Waals surface area contributed by atoms with Crippen LogP contribution in [0.4, 0.5) is 9.39 Å². The van der Waals surface area contributed by atoms with E-state index in [2.05, 4.69) is 25.5 Å². The van der Waals surface area contributed by atoms with Crippen LogP contribution in [0, 0.1) is 18.2 Å². The van der Waals surface area contributed by atoms with Crippen LogP contribution in [0.1, 0.15) is 12.0 Å². The maximum absolute atomic E-state index is 15.6. The minimum atomic E-state index is -0.383. The number of hydrogen-bond acceptors (Lipinski definition) is 5. The van der Waals surface area contributed by atoms with Gasteiger partial charge < -0.3 is 10.2 Å².